The number of fused-ring (bicyclic) bond motifs is 2. The monoisotopic (exact) mass is 595 g/mol. The van der Waals surface area contributed by atoms with Crippen LogP contribution in [0.15, 0.2) is 76.6 Å². The van der Waals surface area contributed by atoms with Crippen molar-refractivity contribution in [3.63, 3.8) is 0 Å². The number of hydrogen-bond donors (Lipinski definition) is 2. The number of carbonyl (C=O) groups is 2. The summed E-state index contributed by atoms with van der Waals surface area (Å²) in [4.78, 5) is 40.2. The van der Waals surface area contributed by atoms with Crippen LogP contribution in [0, 0.1) is 0 Å². The number of carboxylic acid groups (broad SMARTS) is 1. The first-order chi connectivity index (χ1) is 20.0. The van der Waals surface area contributed by atoms with Crippen molar-refractivity contribution in [3.8, 4) is 11.1 Å². The molecule has 1 aliphatic heterocycles. The minimum atomic E-state index is -4.65. The number of aromatic nitrogens is 1. The van der Waals surface area contributed by atoms with Crippen molar-refractivity contribution in [2.45, 2.75) is 37.0 Å². The molecule has 0 saturated carbocycles. The first-order valence-corrected chi connectivity index (χ1v) is 14.1. The van der Waals surface area contributed by atoms with E-state index in [1.807, 2.05) is 49.4 Å². The van der Waals surface area contributed by atoms with E-state index in [4.69, 9.17) is 0 Å². The predicted molar refractivity (Wildman–Crippen MR) is 156 cm³/mol. The van der Waals surface area contributed by atoms with Crippen LogP contribution in [-0.2, 0) is 17.4 Å². The fourth-order valence-corrected chi connectivity index (χ4v) is 6.45. The number of rotatable bonds is 7. The van der Waals surface area contributed by atoms with Gasteiger partial charge in [-0.05, 0) is 71.4 Å². The number of pyridine rings is 1. The van der Waals surface area contributed by atoms with Gasteiger partial charge < -0.3 is 10.4 Å². The van der Waals surface area contributed by atoms with Crippen LogP contribution in [0.25, 0.3) is 21.9 Å². The molecule has 1 unspecified atom stereocenters. The Bertz CT molecular complexity index is 1750. The molecule has 4 aromatic rings. The van der Waals surface area contributed by atoms with E-state index in [1.165, 1.54) is 12.1 Å². The summed E-state index contributed by atoms with van der Waals surface area (Å²) >= 11 is 1.07. The number of likely N-dealkylation sites (N-methyl/N-ethyl adjacent to an activating group) is 1. The number of amides is 1. The molecular formula is C31H28F3N3O4S. The van der Waals surface area contributed by atoms with Gasteiger partial charge in [0.15, 0.2) is 0 Å². The second kappa shape index (κ2) is 11.7. The van der Waals surface area contributed by atoms with E-state index >= 15 is 0 Å². The summed E-state index contributed by atoms with van der Waals surface area (Å²) in [5, 5.41) is 14.8. The maximum atomic E-state index is 14.2. The van der Waals surface area contributed by atoms with Gasteiger partial charge in [0.2, 0.25) is 0 Å². The quantitative estimate of drug-likeness (QED) is 0.255. The molecule has 218 valence electrons. The third-order valence-electron chi connectivity index (χ3n) is 7.23. The van der Waals surface area contributed by atoms with Crippen LogP contribution in [0.2, 0.25) is 0 Å². The van der Waals surface area contributed by atoms with Gasteiger partial charge in [0, 0.05) is 18.7 Å². The lowest BCUT2D eigenvalue weighted by Crippen LogP contribution is -2.44. The zero-order chi connectivity index (χ0) is 30.2. The molecule has 5 rings (SSSR count). The minimum Gasteiger partial charge on any atom is -0.480 e. The van der Waals surface area contributed by atoms with E-state index in [2.05, 4.69) is 5.32 Å². The lowest BCUT2D eigenvalue weighted by Gasteiger charge is -2.33. The number of benzene rings is 3. The maximum absolute atomic E-state index is 14.2. The number of carboxylic acids is 1. The summed E-state index contributed by atoms with van der Waals surface area (Å²) < 4.78 is 44.3. The zero-order valence-electron chi connectivity index (χ0n) is 22.9. The Kier molecular flexibility index (Phi) is 8.16. The molecule has 0 aliphatic carbocycles. The molecule has 0 radical (unpaired) electrons. The standard InChI is InChI=1S/C31H28F3N3O4S/c1-3-14-35-27(38)26-23(16-19-10-6-9-18-8-4-5-13-22(18)19)25(20-11-7-12-21(15-20)31(32,33)34)29-37(28(26)39)24(30(40)41)17-36(2)42-29/h4-13,15,24H,3,14,16-17H2,1-2H3,(H,35,38)(H,40,41). The number of nitrogens with zero attached hydrogens (tertiary/aromatic N) is 2. The molecule has 42 heavy (non-hydrogen) atoms. The summed E-state index contributed by atoms with van der Waals surface area (Å²) in [6.07, 6.45) is -4.02. The highest BCUT2D eigenvalue weighted by molar-refractivity contribution is 7.97. The van der Waals surface area contributed by atoms with Gasteiger partial charge in [-0.15, -0.1) is 0 Å². The Morgan fingerprint density at radius 1 is 1.07 bits per heavy atom. The van der Waals surface area contributed by atoms with Crippen LogP contribution in [-0.4, -0.2) is 46.0 Å². The van der Waals surface area contributed by atoms with Gasteiger partial charge in [0.1, 0.15) is 16.6 Å². The number of alkyl halides is 3. The molecule has 0 fully saturated rings. The van der Waals surface area contributed by atoms with Crippen LogP contribution in [0.4, 0.5) is 13.2 Å². The van der Waals surface area contributed by atoms with Crippen LogP contribution < -0.4 is 10.9 Å². The molecule has 0 saturated heterocycles. The molecule has 2 N–H and O–H groups in total. The molecule has 1 amide bonds. The topological polar surface area (TPSA) is 91.6 Å². The highest BCUT2D eigenvalue weighted by atomic mass is 32.2. The van der Waals surface area contributed by atoms with E-state index in [1.54, 1.807) is 11.4 Å². The lowest BCUT2D eigenvalue weighted by atomic mass is 9.89. The van der Waals surface area contributed by atoms with Crippen molar-refractivity contribution in [1.29, 1.82) is 0 Å². The van der Waals surface area contributed by atoms with Gasteiger partial charge in [-0.25, -0.2) is 9.10 Å². The van der Waals surface area contributed by atoms with Crippen molar-refractivity contribution in [2.24, 2.45) is 0 Å². The van der Waals surface area contributed by atoms with E-state index in [9.17, 15) is 32.7 Å². The smallest absolute Gasteiger partial charge is 0.416 e. The first kappa shape index (κ1) is 29.4. The van der Waals surface area contributed by atoms with Gasteiger partial charge >= 0.3 is 12.1 Å². The van der Waals surface area contributed by atoms with Gasteiger partial charge in [-0.3, -0.25) is 14.2 Å². The molecule has 2 heterocycles. The Labute approximate surface area is 244 Å². The SMILES string of the molecule is CCCNC(=O)c1c(Cc2cccc3ccccc23)c(-c2cccc(C(F)(F)F)c2)c2n(c1=O)C(C(=O)O)CN(C)S2. The Hall–Kier alpha value is -4.09. The van der Waals surface area contributed by atoms with Crippen LogP contribution in [0.3, 0.4) is 0 Å². The van der Waals surface area contributed by atoms with E-state index in [0.29, 0.717) is 6.42 Å². The molecule has 0 bridgehead atoms. The number of aliphatic carboxylic acids is 1. The summed E-state index contributed by atoms with van der Waals surface area (Å²) in [5.74, 6) is -1.99. The minimum absolute atomic E-state index is 0.0480. The third-order valence-corrected chi connectivity index (χ3v) is 8.26. The van der Waals surface area contributed by atoms with Gasteiger partial charge in [-0.2, -0.15) is 13.2 Å². The molecule has 3 aromatic carbocycles. The Morgan fingerprint density at radius 3 is 2.50 bits per heavy atom. The first-order valence-electron chi connectivity index (χ1n) is 13.4. The molecule has 0 spiro atoms. The largest absolute Gasteiger partial charge is 0.480 e. The second-order valence-electron chi connectivity index (χ2n) is 10.1. The summed E-state index contributed by atoms with van der Waals surface area (Å²) in [7, 11) is 1.65. The average molecular weight is 596 g/mol. The Morgan fingerprint density at radius 2 is 1.79 bits per heavy atom. The average Bonchev–Trinajstić information content (AvgIpc) is 2.95. The van der Waals surface area contributed by atoms with Crippen LogP contribution in [0.1, 0.15) is 46.4 Å². The number of nitrogens with one attached hydrogen (secondary N) is 1. The normalized spacial score (nSPS) is 15.4. The second-order valence-corrected chi connectivity index (χ2v) is 11.3. The van der Waals surface area contributed by atoms with E-state index in [-0.39, 0.29) is 46.8 Å². The van der Waals surface area contributed by atoms with Crippen LogP contribution >= 0.6 is 11.9 Å². The van der Waals surface area contributed by atoms with Gasteiger partial charge in [-0.1, -0.05) is 61.5 Å². The summed E-state index contributed by atoms with van der Waals surface area (Å²) in [5.41, 5.74) is -0.622. The van der Waals surface area contributed by atoms with Crippen molar-refractivity contribution in [2.75, 3.05) is 20.1 Å². The molecule has 1 aromatic heterocycles. The van der Waals surface area contributed by atoms with Crippen molar-refractivity contribution in [3.05, 3.63) is 99.3 Å². The van der Waals surface area contributed by atoms with E-state index < -0.39 is 35.2 Å². The summed E-state index contributed by atoms with van der Waals surface area (Å²) in [6, 6.07) is 16.5. The number of hydrogen-bond acceptors (Lipinski definition) is 5. The highest BCUT2D eigenvalue weighted by Gasteiger charge is 2.38. The number of halogens is 3. The van der Waals surface area contributed by atoms with Crippen molar-refractivity contribution >= 4 is 34.6 Å². The van der Waals surface area contributed by atoms with Crippen molar-refractivity contribution < 1.29 is 27.9 Å². The molecule has 11 heteroatoms. The van der Waals surface area contributed by atoms with Crippen molar-refractivity contribution in [1.82, 2.24) is 14.2 Å². The lowest BCUT2D eigenvalue weighted by molar-refractivity contribution is -0.141. The molecule has 1 atom stereocenters. The van der Waals surface area contributed by atoms with Gasteiger partial charge in [0.05, 0.1) is 5.56 Å². The summed E-state index contributed by atoms with van der Waals surface area (Å²) in [6.45, 7) is 2.05. The maximum Gasteiger partial charge on any atom is 0.416 e. The fraction of sp³-hybridized carbons (Fsp3) is 0.258. The highest BCUT2D eigenvalue weighted by Crippen LogP contribution is 2.43. The Balaban J connectivity index is 1.91. The number of carbonyl (C=O) groups excluding carboxylic acids is 1. The predicted octanol–water partition coefficient (Wildman–Crippen LogP) is 6.00. The zero-order valence-corrected chi connectivity index (χ0v) is 23.7. The molecular weight excluding hydrogens is 567 g/mol. The van der Waals surface area contributed by atoms with E-state index in [0.717, 1.165) is 45.0 Å². The third kappa shape index (κ3) is 5.54. The molecule has 7 nitrogen and oxygen atoms in total. The van der Waals surface area contributed by atoms with Gasteiger partial charge in [0.25, 0.3) is 11.5 Å². The fourth-order valence-electron chi connectivity index (χ4n) is 5.31. The van der Waals surface area contributed by atoms with Crippen LogP contribution in [0.5, 0.6) is 0 Å². The molecule has 1 aliphatic rings.